The van der Waals surface area contributed by atoms with E-state index in [0.29, 0.717) is 54.0 Å². The molecular formula is C27H28N6O4. The average molecular weight is 501 g/mol. The minimum absolute atomic E-state index is 0.135. The number of ether oxygens (including phenoxy) is 1. The van der Waals surface area contributed by atoms with Crippen molar-refractivity contribution in [3.8, 4) is 5.75 Å². The van der Waals surface area contributed by atoms with Crippen LogP contribution in [0.4, 0.5) is 34.5 Å². The van der Waals surface area contributed by atoms with Crippen LogP contribution in [0.5, 0.6) is 5.75 Å². The number of amides is 1. The lowest BCUT2D eigenvalue weighted by molar-refractivity contribution is -0.117. The number of nitrogens with one attached hydrogen (secondary N) is 2. The van der Waals surface area contributed by atoms with Crippen LogP contribution < -0.4 is 25.2 Å². The second kappa shape index (κ2) is 10.3. The van der Waals surface area contributed by atoms with Gasteiger partial charge in [0.25, 0.3) is 0 Å². The molecule has 0 radical (unpaired) electrons. The van der Waals surface area contributed by atoms with Gasteiger partial charge in [0.05, 0.1) is 17.8 Å². The molecule has 3 heterocycles. The van der Waals surface area contributed by atoms with Gasteiger partial charge in [0.15, 0.2) is 5.78 Å². The molecule has 3 aromatic rings. The van der Waals surface area contributed by atoms with Gasteiger partial charge in [-0.2, -0.15) is 4.98 Å². The van der Waals surface area contributed by atoms with Gasteiger partial charge in [-0.05, 0) is 61.9 Å². The van der Waals surface area contributed by atoms with E-state index >= 15 is 0 Å². The van der Waals surface area contributed by atoms with E-state index < -0.39 is 6.23 Å². The highest BCUT2D eigenvalue weighted by atomic mass is 16.5. The highest BCUT2D eigenvalue weighted by molar-refractivity contribution is 5.99. The quantitative estimate of drug-likeness (QED) is 0.311. The third kappa shape index (κ3) is 5.10. The fraction of sp³-hybridized carbons (Fsp3) is 0.259. The summed E-state index contributed by atoms with van der Waals surface area (Å²) in [6, 6.07) is 12.9. The number of anilines is 6. The highest BCUT2D eigenvalue weighted by Gasteiger charge is 2.23. The molecule has 2 aliphatic heterocycles. The molecule has 1 amide bonds. The third-order valence-corrected chi connectivity index (χ3v) is 6.33. The van der Waals surface area contributed by atoms with Gasteiger partial charge in [0, 0.05) is 36.2 Å². The maximum atomic E-state index is 12.3. The van der Waals surface area contributed by atoms with Gasteiger partial charge in [-0.15, -0.1) is 0 Å². The molecule has 0 bridgehead atoms. The summed E-state index contributed by atoms with van der Waals surface area (Å²) in [5.74, 6) is 1.25. The van der Waals surface area contributed by atoms with Crippen molar-refractivity contribution in [2.24, 2.45) is 0 Å². The summed E-state index contributed by atoms with van der Waals surface area (Å²) in [7, 11) is 0. The minimum atomic E-state index is -0.851. The monoisotopic (exact) mass is 500 g/mol. The van der Waals surface area contributed by atoms with Crippen LogP contribution in [0, 0.1) is 0 Å². The summed E-state index contributed by atoms with van der Waals surface area (Å²) in [6.45, 7) is 6.83. The van der Waals surface area contributed by atoms with Crippen LogP contribution in [0.3, 0.4) is 0 Å². The zero-order valence-electron chi connectivity index (χ0n) is 20.5. The van der Waals surface area contributed by atoms with Crippen LogP contribution in [0.2, 0.25) is 0 Å². The van der Waals surface area contributed by atoms with E-state index in [1.54, 1.807) is 15.9 Å². The first kappa shape index (κ1) is 24.3. The maximum absolute atomic E-state index is 12.3. The fourth-order valence-electron chi connectivity index (χ4n) is 4.42. The first-order valence-electron chi connectivity index (χ1n) is 12.1. The van der Waals surface area contributed by atoms with Crippen molar-refractivity contribution in [2.75, 3.05) is 40.1 Å². The topological polar surface area (TPSA) is 120 Å². The van der Waals surface area contributed by atoms with Crippen molar-refractivity contribution in [1.82, 2.24) is 9.97 Å². The lowest BCUT2D eigenvalue weighted by Crippen LogP contribution is -2.39. The first-order chi connectivity index (χ1) is 17.9. The molecule has 2 aliphatic rings. The average Bonchev–Trinajstić information content (AvgIpc) is 3.34. The fourth-order valence-corrected chi connectivity index (χ4v) is 4.42. The van der Waals surface area contributed by atoms with Crippen LogP contribution in [-0.4, -0.2) is 52.7 Å². The molecule has 3 N–H and O–H groups in total. The molecule has 1 saturated heterocycles. The van der Waals surface area contributed by atoms with Gasteiger partial charge < -0.3 is 30.3 Å². The molecular weight excluding hydrogens is 472 g/mol. The number of carbonyl (C=O) groups excluding carboxylic acids is 2. The zero-order chi connectivity index (χ0) is 25.9. The summed E-state index contributed by atoms with van der Waals surface area (Å²) in [5, 5.41) is 16.7. The van der Waals surface area contributed by atoms with Gasteiger partial charge in [0.1, 0.15) is 24.4 Å². The van der Waals surface area contributed by atoms with Crippen molar-refractivity contribution >= 4 is 46.2 Å². The summed E-state index contributed by atoms with van der Waals surface area (Å²) in [6.07, 6.45) is 3.54. The molecule has 0 spiro atoms. The molecule has 190 valence electrons. The molecule has 10 heteroatoms. The molecule has 5 rings (SSSR count). The predicted molar refractivity (Wildman–Crippen MR) is 142 cm³/mol. The summed E-state index contributed by atoms with van der Waals surface area (Å²) in [5.41, 5.74) is 3.31. The lowest BCUT2D eigenvalue weighted by Gasteiger charge is -2.33. The Labute approximate surface area is 214 Å². The number of hydrogen-bond acceptors (Lipinski definition) is 9. The Bertz CT molecular complexity index is 1340. The second-order valence-electron chi connectivity index (χ2n) is 8.83. The van der Waals surface area contributed by atoms with Crippen LogP contribution in [0.15, 0.2) is 61.3 Å². The molecule has 1 atom stereocenters. The molecule has 0 saturated carbocycles. The highest BCUT2D eigenvalue weighted by Crippen LogP contribution is 2.36. The zero-order valence-corrected chi connectivity index (χ0v) is 20.5. The van der Waals surface area contributed by atoms with Crippen molar-refractivity contribution in [1.29, 1.82) is 0 Å². The summed E-state index contributed by atoms with van der Waals surface area (Å²) >= 11 is 0. The molecule has 37 heavy (non-hydrogen) atoms. The van der Waals surface area contributed by atoms with Gasteiger partial charge in [-0.25, -0.2) is 4.98 Å². The number of fused-ring (bicyclic) bond motifs is 1. The van der Waals surface area contributed by atoms with Crippen molar-refractivity contribution in [3.05, 3.63) is 66.9 Å². The molecule has 10 nitrogen and oxygen atoms in total. The molecule has 0 aliphatic carbocycles. The summed E-state index contributed by atoms with van der Waals surface area (Å²) in [4.78, 5) is 36.7. The Hall–Kier alpha value is -4.44. The van der Waals surface area contributed by atoms with Crippen molar-refractivity contribution in [3.63, 3.8) is 0 Å². The Morgan fingerprint density at radius 3 is 2.65 bits per heavy atom. The number of carbonyl (C=O) groups is 2. The van der Waals surface area contributed by atoms with Gasteiger partial charge in [0.2, 0.25) is 11.9 Å². The van der Waals surface area contributed by atoms with Gasteiger partial charge in [-0.1, -0.05) is 6.58 Å². The van der Waals surface area contributed by atoms with E-state index in [4.69, 9.17) is 4.74 Å². The van der Waals surface area contributed by atoms with Crippen LogP contribution in [0.25, 0.3) is 0 Å². The van der Waals surface area contributed by atoms with Gasteiger partial charge in [-0.3, -0.25) is 9.59 Å². The molecule has 1 aromatic heterocycles. The second-order valence-corrected chi connectivity index (χ2v) is 8.83. The normalized spacial score (nSPS) is 15.6. The Morgan fingerprint density at radius 2 is 1.95 bits per heavy atom. The first-order valence-corrected chi connectivity index (χ1v) is 12.1. The molecule has 1 fully saturated rings. The van der Waals surface area contributed by atoms with E-state index in [0.717, 1.165) is 24.3 Å². The number of ketones is 1. The van der Waals surface area contributed by atoms with Crippen molar-refractivity contribution in [2.45, 2.75) is 26.0 Å². The maximum Gasteiger partial charge on any atom is 0.229 e. The van der Waals surface area contributed by atoms with Gasteiger partial charge >= 0.3 is 0 Å². The SMILES string of the molecule is C=CC(O)N1CCOc2ccc(Nc3nc(Nc4ccc(N5CCCC5=O)cc4)ncc3C(C)=O)cc21. The Kier molecular flexibility index (Phi) is 6.74. The number of nitrogens with zero attached hydrogens (tertiary/aromatic N) is 4. The van der Waals surface area contributed by atoms with E-state index in [9.17, 15) is 14.7 Å². The minimum Gasteiger partial charge on any atom is -0.490 e. The van der Waals surface area contributed by atoms with E-state index in [-0.39, 0.29) is 11.7 Å². The predicted octanol–water partition coefficient (Wildman–Crippen LogP) is 4.00. The number of hydrogen-bond donors (Lipinski definition) is 3. The van der Waals surface area contributed by atoms with E-state index in [1.807, 2.05) is 36.4 Å². The number of aliphatic hydroxyl groups is 1. The third-order valence-electron chi connectivity index (χ3n) is 6.33. The number of benzene rings is 2. The van der Waals surface area contributed by atoms with Crippen LogP contribution in [0.1, 0.15) is 30.1 Å². The number of rotatable bonds is 8. The van der Waals surface area contributed by atoms with Crippen LogP contribution in [-0.2, 0) is 4.79 Å². The van der Waals surface area contributed by atoms with Crippen LogP contribution >= 0.6 is 0 Å². The molecule has 2 aromatic carbocycles. The number of aromatic nitrogens is 2. The lowest BCUT2D eigenvalue weighted by atomic mass is 10.2. The Balaban J connectivity index is 1.38. The van der Waals surface area contributed by atoms with Crippen molar-refractivity contribution < 1.29 is 19.4 Å². The van der Waals surface area contributed by atoms with E-state index in [1.165, 1.54) is 19.2 Å². The standard InChI is InChI=1S/C27H28N6O4/c1-3-24(35)33-13-14-37-23-11-8-19(15-22(23)33)29-26-21(17(2)34)16-28-27(31-26)30-18-6-9-20(10-7-18)32-12-4-5-25(32)36/h3,6-11,15-16,24,35H,1,4-5,12-14H2,2H3,(H2,28,29,30,31). The Morgan fingerprint density at radius 1 is 1.16 bits per heavy atom. The largest absolute Gasteiger partial charge is 0.490 e. The number of Topliss-reactive ketones (excluding diaryl/α,β-unsaturated/α-hetero) is 1. The summed E-state index contributed by atoms with van der Waals surface area (Å²) < 4.78 is 5.72. The van der Waals surface area contributed by atoms with E-state index in [2.05, 4.69) is 27.2 Å². The molecule has 1 unspecified atom stereocenters. The number of aliphatic hydroxyl groups excluding tert-OH is 1. The smallest absolute Gasteiger partial charge is 0.229 e.